The predicted molar refractivity (Wildman–Crippen MR) is 107 cm³/mol. The Morgan fingerprint density at radius 1 is 0.846 bits per heavy atom. The quantitative estimate of drug-likeness (QED) is 0.654. The second kappa shape index (κ2) is 8.35. The lowest BCUT2D eigenvalue weighted by molar-refractivity contribution is 0.135. The highest BCUT2D eigenvalue weighted by molar-refractivity contribution is 5.25. The predicted octanol–water partition coefficient (Wildman–Crippen LogP) is 4.62. The summed E-state index contributed by atoms with van der Waals surface area (Å²) >= 11 is 0. The van der Waals surface area contributed by atoms with E-state index in [9.17, 15) is 5.11 Å². The molecule has 3 heteroatoms. The van der Waals surface area contributed by atoms with Crippen LogP contribution in [0.1, 0.15) is 48.5 Å². The average molecular weight is 348 g/mol. The zero-order chi connectivity index (χ0) is 18.5. The van der Waals surface area contributed by atoms with E-state index >= 15 is 0 Å². The third kappa shape index (κ3) is 4.06. The molecule has 3 atom stereocenters. The molecule has 0 aliphatic rings. The summed E-state index contributed by atoms with van der Waals surface area (Å²) in [6.07, 6.45) is -0.521. The molecule has 0 radical (unpaired) electrons. The van der Waals surface area contributed by atoms with Gasteiger partial charge in [-0.1, -0.05) is 60.7 Å². The van der Waals surface area contributed by atoms with E-state index in [0.717, 1.165) is 12.1 Å². The van der Waals surface area contributed by atoms with E-state index in [1.807, 2.05) is 43.3 Å². The molecule has 0 bridgehead atoms. The zero-order valence-electron chi connectivity index (χ0n) is 15.8. The van der Waals surface area contributed by atoms with Gasteiger partial charge in [-0.3, -0.25) is 0 Å². The first-order chi connectivity index (χ1) is 12.6. The lowest BCUT2D eigenvalue weighted by Gasteiger charge is -2.24. The van der Waals surface area contributed by atoms with Gasteiger partial charge in [-0.05, 0) is 44.0 Å². The molecule has 26 heavy (non-hydrogen) atoms. The second-order valence-electron chi connectivity index (χ2n) is 6.95. The van der Waals surface area contributed by atoms with E-state index in [0.29, 0.717) is 0 Å². The SMILES string of the molecule is Cc1ccc(CN[C@@H](C)[C@H](O)c2ccccc2)n1[C@@H](C)c1ccccc1. The summed E-state index contributed by atoms with van der Waals surface area (Å²) in [4.78, 5) is 0. The van der Waals surface area contributed by atoms with Gasteiger partial charge < -0.3 is 15.0 Å². The molecule has 3 aromatic rings. The fourth-order valence-electron chi connectivity index (χ4n) is 3.50. The standard InChI is InChI=1S/C23H28N2O/c1-17-14-15-22(25(17)19(3)20-10-6-4-7-11-20)16-24-18(2)23(26)21-12-8-5-9-13-21/h4-15,18-19,23-24,26H,16H2,1-3H3/t18-,19-,23-/m0/s1. The van der Waals surface area contributed by atoms with E-state index in [1.165, 1.54) is 17.0 Å². The smallest absolute Gasteiger partial charge is 0.0940 e. The van der Waals surface area contributed by atoms with Crippen LogP contribution in [0.4, 0.5) is 0 Å². The molecule has 136 valence electrons. The molecular weight excluding hydrogens is 320 g/mol. The maximum absolute atomic E-state index is 10.6. The molecule has 3 nitrogen and oxygen atoms in total. The van der Waals surface area contributed by atoms with E-state index in [4.69, 9.17) is 0 Å². The van der Waals surface area contributed by atoms with Crippen molar-refractivity contribution in [1.29, 1.82) is 0 Å². The molecule has 0 aliphatic heterocycles. The molecule has 0 spiro atoms. The first kappa shape index (κ1) is 18.4. The molecule has 2 N–H and O–H groups in total. The molecule has 0 unspecified atom stereocenters. The van der Waals surface area contributed by atoms with Crippen molar-refractivity contribution in [2.24, 2.45) is 0 Å². The van der Waals surface area contributed by atoms with Gasteiger partial charge in [0.1, 0.15) is 0 Å². The number of aliphatic hydroxyl groups is 1. The van der Waals surface area contributed by atoms with Crippen LogP contribution < -0.4 is 5.32 Å². The monoisotopic (exact) mass is 348 g/mol. The number of hydrogen-bond acceptors (Lipinski definition) is 2. The Morgan fingerprint density at radius 3 is 2.04 bits per heavy atom. The number of hydrogen-bond donors (Lipinski definition) is 2. The first-order valence-electron chi connectivity index (χ1n) is 9.26. The third-order valence-electron chi connectivity index (χ3n) is 5.10. The molecule has 1 heterocycles. The van der Waals surface area contributed by atoms with Crippen LogP contribution in [-0.4, -0.2) is 15.7 Å². The van der Waals surface area contributed by atoms with Gasteiger partial charge in [0.05, 0.1) is 12.1 Å². The molecule has 2 aromatic carbocycles. The fraction of sp³-hybridized carbons (Fsp3) is 0.304. The number of benzene rings is 2. The highest BCUT2D eigenvalue weighted by atomic mass is 16.3. The van der Waals surface area contributed by atoms with Crippen LogP contribution in [0.3, 0.4) is 0 Å². The van der Waals surface area contributed by atoms with Gasteiger partial charge >= 0.3 is 0 Å². The summed E-state index contributed by atoms with van der Waals surface area (Å²) in [5.74, 6) is 0. The van der Waals surface area contributed by atoms with Gasteiger partial charge in [-0.15, -0.1) is 0 Å². The van der Waals surface area contributed by atoms with Crippen LogP contribution in [0.25, 0.3) is 0 Å². The Morgan fingerprint density at radius 2 is 1.42 bits per heavy atom. The van der Waals surface area contributed by atoms with Crippen molar-refractivity contribution in [2.75, 3.05) is 0 Å². The first-order valence-corrected chi connectivity index (χ1v) is 9.26. The van der Waals surface area contributed by atoms with E-state index in [2.05, 4.69) is 60.1 Å². The number of aromatic nitrogens is 1. The van der Waals surface area contributed by atoms with Crippen molar-refractivity contribution >= 4 is 0 Å². The maximum atomic E-state index is 10.6. The van der Waals surface area contributed by atoms with Gasteiger partial charge in [-0.25, -0.2) is 0 Å². The molecule has 0 amide bonds. The van der Waals surface area contributed by atoms with Gasteiger partial charge in [0.25, 0.3) is 0 Å². The Labute approximate surface area is 156 Å². The van der Waals surface area contributed by atoms with Crippen LogP contribution in [-0.2, 0) is 6.54 Å². The van der Waals surface area contributed by atoms with Crippen LogP contribution in [0.15, 0.2) is 72.8 Å². The van der Waals surface area contributed by atoms with E-state index < -0.39 is 6.10 Å². The number of aliphatic hydroxyl groups excluding tert-OH is 1. The van der Waals surface area contributed by atoms with Crippen molar-refractivity contribution in [2.45, 2.75) is 45.5 Å². The van der Waals surface area contributed by atoms with Crippen LogP contribution in [0, 0.1) is 6.92 Å². The summed E-state index contributed by atoms with van der Waals surface area (Å²) in [5, 5.41) is 14.0. The van der Waals surface area contributed by atoms with Crippen LogP contribution in [0.2, 0.25) is 0 Å². The van der Waals surface area contributed by atoms with Crippen molar-refractivity contribution in [3.63, 3.8) is 0 Å². The molecule has 0 aliphatic carbocycles. The van der Waals surface area contributed by atoms with Gasteiger partial charge in [0, 0.05) is 24.0 Å². The summed E-state index contributed by atoms with van der Waals surface area (Å²) in [6.45, 7) is 7.12. The summed E-state index contributed by atoms with van der Waals surface area (Å²) in [5.41, 5.74) is 4.71. The zero-order valence-corrected chi connectivity index (χ0v) is 15.8. The minimum atomic E-state index is -0.521. The number of rotatable bonds is 7. The Balaban J connectivity index is 1.71. The second-order valence-corrected chi connectivity index (χ2v) is 6.95. The third-order valence-corrected chi connectivity index (χ3v) is 5.10. The summed E-state index contributed by atoms with van der Waals surface area (Å²) < 4.78 is 2.37. The van der Waals surface area contributed by atoms with E-state index in [1.54, 1.807) is 0 Å². The largest absolute Gasteiger partial charge is 0.387 e. The minimum Gasteiger partial charge on any atom is -0.387 e. The fourth-order valence-corrected chi connectivity index (χ4v) is 3.50. The van der Waals surface area contributed by atoms with Crippen molar-refractivity contribution in [1.82, 2.24) is 9.88 Å². The topological polar surface area (TPSA) is 37.2 Å². The summed E-state index contributed by atoms with van der Waals surface area (Å²) in [6, 6.07) is 24.9. The van der Waals surface area contributed by atoms with Crippen LogP contribution in [0.5, 0.6) is 0 Å². The molecule has 3 rings (SSSR count). The number of aryl methyl sites for hydroxylation is 1. The van der Waals surface area contributed by atoms with Gasteiger partial charge in [-0.2, -0.15) is 0 Å². The average Bonchev–Trinajstić information content (AvgIpc) is 3.06. The number of nitrogens with one attached hydrogen (secondary N) is 1. The Hall–Kier alpha value is -2.36. The van der Waals surface area contributed by atoms with Crippen molar-refractivity contribution < 1.29 is 5.11 Å². The lowest BCUT2D eigenvalue weighted by atomic mass is 10.0. The normalized spacial score (nSPS) is 14.8. The molecule has 0 fully saturated rings. The number of nitrogens with zero attached hydrogens (tertiary/aromatic N) is 1. The Kier molecular flexibility index (Phi) is 5.92. The maximum Gasteiger partial charge on any atom is 0.0940 e. The van der Waals surface area contributed by atoms with Gasteiger partial charge in [0.2, 0.25) is 0 Å². The molecular formula is C23H28N2O. The lowest BCUT2D eigenvalue weighted by Crippen LogP contribution is -2.32. The highest BCUT2D eigenvalue weighted by Gasteiger charge is 2.18. The molecule has 1 aromatic heterocycles. The van der Waals surface area contributed by atoms with Crippen molar-refractivity contribution in [3.8, 4) is 0 Å². The van der Waals surface area contributed by atoms with Crippen LogP contribution >= 0.6 is 0 Å². The molecule has 0 saturated heterocycles. The minimum absolute atomic E-state index is 0.0342. The summed E-state index contributed by atoms with van der Waals surface area (Å²) in [7, 11) is 0. The van der Waals surface area contributed by atoms with Crippen molar-refractivity contribution in [3.05, 3.63) is 95.3 Å². The van der Waals surface area contributed by atoms with Gasteiger partial charge in [0.15, 0.2) is 0 Å². The highest BCUT2D eigenvalue weighted by Crippen LogP contribution is 2.23. The molecule has 0 saturated carbocycles. The van der Waals surface area contributed by atoms with E-state index in [-0.39, 0.29) is 12.1 Å². The Bertz CT molecular complexity index is 811.